The summed E-state index contributed by atoms with van der Waals surface area (Å²) in [5, 5.41) is 6.43. The zero-order valence-electron chi connectivity index (χ0n) is 9.73. The first kappa shape index (κ1) is 11.0. The molecule has 1 fully saturated rings. The summed E-state index contributed by atoms with van der Waals surface area (Å²) in [7, 11) is 0. The maximum Gasteiger partial charge on any atom is 0.274 e. The number of carbonyl (C=O) groups excluding carboxylic acids is 1. The molecule has 0 saturated carbocycles. The minimum atomic E-state index is -0.0295. The van der Waals surface area contributed by atoms with E-state index in [4.69, 9.17) is 5.73 Å². The van der Waals surface area contributed by atoms with Gasteiger partial charge in [-0.15, -0.1) is 0 Å². The van der Waals surface area contributed by atoms with Gasteiger partial charge in [0.1, 0.15) is 5.69 Å². The number of nitrogen functional groups attached to an aromatic ring is 1. The number of aromatic amines is 1. The summed E-state index contributed by atoms with van der Waals surface area (Å²) in [5.74, 6) is 1.20. The minimum Gasteiger partial charge on any atom is -0.396 e. The molecule has 1 saturated heterocycles. The quantitative estimate of drug-likeness (QED) is 0.787. The lowest BCUT2D eigenvalue weighted by Gasteiger charge is -2.17. The van der Waals surface area contributed by atoms with E-state index < -0.39 is 0 Å². The standard InChI is InChI=1S/C11H18N4O/c1-7(2)8-3-4-15(6-8)11(16)10-9(12)5-13-14-10/h5,7-8H,3-4,6,12H2,1-2H3,(H,13,14). The predicted molar refractivity (Wildman–Crippen MR) is 61.8 cm³/mol. The van der Waals surface area contributed by atoms with E-state index in [9.17, 15) is 4.79 Å². The maximum absolute atomic E-state index is 12.1. The van der Waals surface area contributed by atoms with Crippen LogP contribution in [0.4, 0.5) is 5.69 Å². The summed E-state index contributed by atoms with van der Waals surface area (Å²) in [6.07, 6.45) is 2.56. The van der Waals surface area contributed by atoms with Crippen LogP contribution in [0.2, 0.25) is 0 Å². The molecule has 5 heteroatoms. The average molecular weight is 222 g/mol. The zero-order chi connectivity index (χ0) is 11.7. The van der Waals surface area contributed by atoms with Crippen LogP contribution in [0.5, 0.6) is 0 Å². The Balaban J connectivity index is 2.05. The van der Waals surface area contributed by atoms with Crippen LogP contribution in [0.1, 0.15) is 30.8 Å². The second kappa shape index (κ2) is 4.15. The predicted octanol–water partition coefficient (Wildman–Crippen LogP) is 1.11. The second-order valence-corrected chi connectivity index (χ2v) is 4.74. The van der Waals surface area contributed by atoms with Gasteiger partial charge in [0, 0.05) is 13.1 Å². The molecule has 2 heterocycles. The van der Waals surface area contributed by atoms with E-state index in [0.29, 0.717) is 23.2 Å². The van der Waals surface area contributed by atoms with Crippen LogP contribution < -0.4 is 5.73 Å². The third-order valence-electron chi connectivity index (χ3n) is 3.34. The van der Waals surface area contributed by atoms with Crippen LogP contribution in [-0.2, 0) is 0 Å². The third-order valence-corrected chi connectivity index (χ3v) is 3.34. The fraction of sp³-hybridized carbons (Fsp3) is 0.636. The highest BCUT2D eigenvalue weighted by molar-refractivity contribution is 5.97. The molecule has 0 bridgehead atoms. The van der Waals surface area contributed by atoms with E-state index in [0.717, 1.165) is 19.5 Å². The number of rotatable bonds is 2. The molecular weight excluding hydrogens is 204 g/mol. The number of hydrogen-bond donors (Lipinski definition) is 2. The summed E-state index contributed by atoms with van der Waals surface area (Å²) < 4.78 is 0. The lowest BCUT2D eigenvalue weighted by molar-refractivity contribution is 0.0779. The maximum atomic E-state index is 12.1. The first-order valence-corrected chi connectivity index (χ1v) is 5.67. The van der Waals surface area contributed by atoms with Crippen molar-refractivity contribution < 1.29 is 4.79 Å². The van der Waals surface area contributed by atoms with E-state index in [1.807, 2.05) is 4.90 Å². The second-order valence-electron chi connectivity index (χ2n) is 4.74. The van der Waals surface area contributed by atoms with Gasteiger partial charge in [-0.2, -0.15) is 5.10 Å². The van der Waals surface area contributed by atoms with Crippen molar-refractivity contribution in [3.05, 3.63) is 11.9 Å². The van der Waals surface area contributed by atoms with Crippen molar-refractivity contribution in [2.24, 2.45) is 11.8 Å². The van der Waals surface area contributed by atoms with E-state index in [-0.39, 0.29) is 5.91 Å². The summed E-state index contributed by atoms with van der Waals surface area (Å²) in [5.41, 5.74) is 6.51. The fourth-order valence-electron chi connectivity index (χ4n) is 2.14. The van der Waals surface area contributed by atoms with Gasteiger partial charge in [-0.3, -0.25) is 9.89 Å². The number of amides is 1. The Morgan fingerprint density at radius 2 is 2.44 bits per heavy atom. The van der Waals surface area contributed by atoms with Crippen LogP contribution in [0.25, 0.3) is 0 Å². The van der Waals surface area contributed by atoms with Gasteiger partial charge < -0.3 is 10.6 Å². The van der Waals surface area contributed by atoms with Gasteiger partial charge in [-0.25, -0.2) is 0 Å². The SMILES string of the molecule is CC(C)C1CCN(C(=O)c2[nH]ncc2N)C1. The molecule has 0 spiro atoms. The van der Waals surface area contributed by atoms with Crippen LogP contribution in [0.3, 0.4) is 0 Å². The molecule has 88 valence electrons. The number of nitrogens with zero attached hydrogens (tertiary/aromatic N) is 2. The molecule has 1 aromatic heterocycles. The van der Waals surface area contributed by atoms with Crippen LogP contribution in [0, 0.1) is 11.8 Å². The van der Waals surface area contributed by atoms with Crippen molar-refractivity contribution >= 4 is 11.6 Å². The van der Waals surface area contributed by atoms with Crippen molar-refractivity contribution in [3.8, 4) is 0 Å². The summed E-state index contributed by atoms with van der Waals surface area (Å²) in [4.78, 5) is 13.9. The minimum absolute atomic E-state index is 0.0295. The molecule has 1 atom stereocenters. The molecule has 1 aliphatic rings. The van der Waals surface area contributed by atoms with E-state index in [1.54, 1.807) is 0 Å². The molecule has 0 radical (unpaired) electrons. The Hall–Kier alpha value is -1.52. The molecule has 16 heavy (non-hydrogen) atoms. The van der Waals surface area contributed by atoms with Gasteiger partial charge in [-0.05, 0) is 18.3 Å². The van der Waals surface area contributed by atoms with Gasteiger partial charge in [0.25, 0.3) is 5.91 Å². The summed E-state index contributed by atoms with van der Waals surface area (Å²) >= 11 is 0. The molecule has 5 nitrogen and oxygen atoms in total. The summed E-state index contributed by atoms with van der Waals surface area (Å²) in [6.45, 7) is 6.04. The number of carbonyl (C=O) groups is 1. The Morgan fingerprint density at radius 3 is 2.94 bits per heavy atom. The first-order valence-electron chi connectivity index (χ1n) is 5.67. The topological polar surface area (TPSA) is 75.0 Å². The van der Waals surface area contributed by atoms with Crippen molar-refractivity contribution in [2.45, 2.75) is 20.3 Å². The van der Waals surface area contributed by atoms with E-state index >= 15 is 0 Å². The molecule has 1 amide bonds. The van der Waals surface area contributed by atoms with Crippen LogP contribution in [0.15, 0.2) is 6.20 Å². The molecule has 1 unspecified atom stereocenters. The van der Waals surface area contributed by atoms with Crippen molar-refractivity contribution in [3.63, 3.8) is 0 Å². The molecule has 2 rings (SSSR count). The largest absolute Gasteiger partial charge is 0.396 e. The lowest BCUT2D eigenvalue weighted by atomic mass is 9.95. The molecule has 0 aliphatic carbocycles. The average Bonchev–Trinajstić information content (AvgIpc) is 2.84. The molecule has 1 aromatic rings. The van der Waals surface area contributed by atoms with Gasteiger partial charge in [0.15, 0.2) is 0 Å². The van der Waals surface area contributed by atoms with Gasteiger partial charge in [-0.1, -0.05) is 13.8 Å². The highest BCUT2D eigenvalue weighted by atomic mass is 16.2. The number of nitrogens with one attached hydrogen (secondary N) is 1. The normalized spacial score (nSPS) is 20.7. The van der Waals surface area contributed by atoms with Crippen molar-refractivity contribution in [1.29, 1.82) is 0 Å². The highest BCUT2D eigenvalue weighted by Crippen LogP contribution is 2.25. The number of aromatic nitrogens is 2. The number of hydrogen-bond acceptors (Lipinski definition) is 3. The lowest BCUT2D eigenvalue weighted by Crippen LogP contribution is -2.30. The van der Waals surface area contributed by atoms with Gasteiger partial charge in [0.2, 0.25) is 0 Å². The molecule has 3 N–H and O–H groups in total. The smallest absolute Gasteiger partial charge is 0.274 e. The molecular formula is C11H18N4O. The Bertz CT molecular complexity index is 385. The Kier molecular flexibility index (Phi) is 2.85. The van der Waals surface area contributed by atoms with Crippen molar-refractivity contribution in [1.82, 2.24) is 15.1 Å². The molecule has 1 aliphatic heterocycles. The number of H-pyrrole nitrogens is 1. The Labute approximate surface area is 95.0 Å². The molecule has 0 aromatic carbocycles. The van der Waals surface area contributed by atoms with Crippen LogP contribution in [-0.4, -0.2) is 34.1 Å². The third kappa shape index (κ3) is 1.89. The zero-order valence-corrected chi connectivity index (χ0v) is 9.73. The number of likely N-dealkylation sites (tertiary alicyclic amines) is 1. The van der Waals surface area contributed by atoms with Crippen LogP contribution >= 0.6 is 0 Å². The van der Waals surface area contributed by atoms with E-state index in [1.165, 1.54) is 6.20 Å². The summed E-state index contributed by atoms with van der Waals surface area (Å²) in [6, 6.07) is 0. The van der Waals surface area contributed by atoms with Gasteiger partial charge in [0.05, 0.1) is 11.9 Å². The van der Waals surface area contributed by atoms with Crippen molar-refractivity contribution in [2.75, 3.05) is 18.8 Å². The number of anilines is 1. The monoisotopic (exact) mass is 222 g/mol. The van der Waals surface area contributed by atoms with E-state index in [2.05, 4.69) is 24.0 Å². The number of nitrogens with two attached hydrogens (primary N) is 1. The van der Waals surface area contributed by atoms with Gasteiger partial charge >= 0.3 is 0 Å². The first-order chi connectivity index (χ1) is 7.59. The Morgan fingerprint density at radius 1 is 1.69 bits per heavy atom. The highest BCUT2D eigenvalue weighted by Gasteiger charge is 2.29. The fourth-order valence-corrected chi connectivity index (χ4v) is 2.14.